The monoisotopic (exact) mass is 482 g/mol. The normalized spacial score (nSPS) is 11.9. The maximum atomic E-state index is 12.6. The zero-order valence-electron chi connectivity index (χ0n) is 16.7. The van der Waals surface area contributed by atoms with Gasteiger partial charge in [-0.3, -0.25) is 4.79 Å². The molecule has 1 heterocycles. The van der Waals surface area contributed by atoms with Crippen LogP contribution < -0.4 is 15.4 Å². The number of carbonyl (C=O) groups excluding carboxylic acids is 1. The number of hydrogen-bond acceptors (Lipinski definition) is 8. The third-order valence-electron chi connectivity index (χ3n) is 3.83. The zero-order chi connectivity index (χ0) is 22.2. The third kappa shape index (κ3) is 7.08. The Labute approximate surface area is 191 Å². The average molecular weight is 483 g/mol. The summed E-state index contributed by atoms with van der Waals surface area (Å²) < 4.78 is 31.0. The topological polar surface area (TPSA) is 76.1 Å². The van der Waals surface area contributed by atoms with Crippen molar-refractivity contribution in [1.82, 2.24) is 10.2 Å². The van der Waals surface area contributed by atoms with Crippen molar-refractivity contribution in [2.24, 2.45) is 0 Å². The molecule has 0 fully saturated rings. The van der Waals surface area contributed by atoms with Crippen LogP contribution >= 0.6 is 34.9 Å². The fourth-order valence-electron chi connectivity index (χ4n) is 2.44. The summed E-state index contributed by atoms with van der Waals surface area (Å²) in [6.45, 7) is 4.18. The van der Waals surface area contributed by atoms with Crippen LogP contribution in [0, 0.1) is 0 Å². The third-order valence-corrected chi connectivity index (χ3v) is 6.57. The van der Waals surface area contributed by atoms with E-state index < -0.39 is 11.0 Å². The molecule has 11 heteroatoms. The Morgan fingerprint density at radius 2 is 1.87 bits per heavy atom. The predicted octanol–water partition coefficient (Wildman–Crippen LogP) is 6.11. The van der Waals surface area contributed by atoms with E-state index in [-0.39, 0.29) is 5.91 Å². The van der Waals surface area contributed by atoms with Crippen LogP contribution in [0.15, 0.2) is 57.8 Å². The molecule has 1 unspecified atom stereocenters. The molecule has 0 aliphatic carbocycles. The number of halogens is 2. The summed E-state index contributed by atoms with van der Waals surface area (Å²) in [4.78, 5) is 13.1. The Kier molecular flexibility index (Phi) is 8.50. The molecule has 0 spiro atoms. The summed E-state index contributed by atoms with van der Waals surface area (Å²) in [5.41, 5.74) is 1.33. The van der Waals surface area contributed by atoms with Crippen molar-refractivity contribution in [1.29, 1.82) is 0 Å². The van der Waals surface area contributed by atoms with Crippen molar-refractivity contribution in [3.8, 4) is 5.75 Å². The second-order valence-corrected chi connectivity index (χ2v) is 9.71. The minimum Gasteiger partial charge on any atom is -0.492 e. The number of amides is 1. The van der Waals surface area contributed by atoms with Crippen molar-refractivity contribution in [3.63, 3.8) is 0 Å². The molecule has 0 aliphatic rings. The molecule has 1 aromatic heterocycles. The molecule has 1 amide bonds. The first-order chi connectivity index (χ1) is 14.9. The molecule has 0 saturated heterocycles. The number of rotatable bonds is 10. The number of carbonyl (C=O) groups is 1. The molecule has 6 nitrogen and oxygen atoms in total. The molecule has 164 valence electrons. The van der Waals surface area contributed by atoms with Crippen LogP contribution in [-0.4, -0.2) is 33.7 Å². The number of aromatic nitrogens is 2. The molecule has 3 rings (SSSR count). The average Bonchev–Trinajstić information content (AvgIpc) is 3.17. The first-order valence-electron chi connectivity index (χ1n) is 9.29. The maximum absolute atomic E-state index is 12.6. The molecular weight excluding hydrogens is 462 g/mol. The van der Waals surface area contributed by atoms with Crippen LogP contribution in [0.1, 0.15) is 13.8 Å². The number of thioether (sulfide) groups is 2. The number of alkyl halides is 2. The SMILES string of the molecule is CCOc1ccccc1NC(=O)C(C)Sc1nnc(Nc2ccc(SC(F)F)cc2)s1. The summed E-state index contributed by atoms with van der Waals surface area (Å²) in [6, 6.07) is 13.9. The van der Waals surface area contributed by atoms with Crippen molar-refractivity contribution in [3.05, 3.63) is 48.5 Å². The van der Waals surface area contributed by atoms with Gasteiger partial charge in [0.05, 0.1) is 17.5 Å². The smallest absolute Gasteiger partial charge is 0.288 e. The Balaban J connectivity index is 1.56. The second-order valence-electron chi connectivity index (χ2n) is 6.08. The molecule has 0 bridgehead atoms. The Morgan fingerprint density at radius 1 is 1.13 bits per heavy atom. The van der Waals surface area contributed by atoms with Gasteiger partial charge in [-0.2, -0.15) is 8.78 Å². The standard InChI is InChI=1S/C20H20F2N4O2S3/c1-3-28-16-7-5-4-6-15(16)24-17(27)12(2)29-20-26-25-19(31-20)23-13-8-10-14(11-9-13)30-18(21)22/h4-12,18H,3H2,1-2H3,(H,23,25)(H,24,27). The number of ether oxygens (including phenoxy) is 1. The van der Waals surface area contributed by atoms with Gasteiger partial charge in [0.15, 0.2) is 4.34 Å². The minimum atomic E-state index is -2.45. The van der Waals surface area contributed by atoms with Gasteiger partial charge in [0.1, 0.15) is 5.75 Å². The lowest BCUT2D eigenvalue weighted by Crippen LogP contribution is -2.22. The fourth-order valence-corrected chi connectivity index (χ4v) is 4.86. The molecule has 31 heavy (non-hydrogen) atoms. The van der Waals surface area contributed by atoms with E-state index in [0.29, 0.717) is 49.9 Å². The summed E-state index contributed by atoms with van der Waals surface area (Å²) in [5, 5.41) is 14.3. The molecule has 2 N–H and O–H groups in total. The minimum absolute atomic E-state index is 0.172. The predicted molar refractivity (Wildman–Crippen MR) is 123 cm³/mol. The van der Waals surface area contributed by atoms with Crippen molar-refractivity contribution < 1.29 is 18.3 Å². The number of hydrogen-bond donors (Lipinski definition) is 2. The van der Waals surface area contributed by atoms with E-state index in [2.05, 4.69) is 20.8 Å². The Morgan fingerprint density at radius 3 is 2.58 bits per heavy atom. The van der Waals surface area contributed by atoms with Gasteiger partial charge in [0.25, 0.3) is 5.76 Å². The Bertz CT molecular complexity index is 1000. The van der Waals surface area contributed by atoms with Gasteiger partial charge in [-0.05, 0) is 50.2 Å². The summed E-state index contributed by atoms with van der Waals surface area (Å²) in [5.74, 6) is -2.00. The van der Waals surface area contributed by atoms with E-state index in [9.17, 15) is 13.6 Å². The maximum Gasteiger partial charge on any atom is 0.288 e. The molecular formula is C20H20F2N4O2S3. The fraction of sp³-hybridized carbons (Fsp3) is 0.250. The van der Waals surface area contributed by atoms with E-state index in [1.54, 1.807) is 43.3 Å². The van der Waals surface area contributed by atoms with Gasteiger partial charge >= 0.3 is 0 Å². The van der Waals surface area contributed by atoms with Gasteiger partial charge in [0, 0.05) is 10.6 Å². The summed E-state index contributed by atoms with van der Waals surface area (Å²) in [7, 11) is 0. The van der Waals surface area contributed by atoms with Crippen LogP contribution in [0.5, 0.6) is 5.75 Å². The molecule has 1 atom stereocenters. The quantitative estimate of drug-likeness (QED) is 0.337. The molecule has 3 aromatic rings. The second kappa shape index (κ2) is 11.3. The van der Waals surface area contributed by atoms with Gasteiger partial charge < -0.3 is 15.4 Å². The van der Waals surface area contributed by atoms with Gasteiger partial charge in [0.2, 0.25) is 11.0 Å². The summed E-state index contributed by atoms with van der Waals surface area (Å²) in [6.07, 6.45) is 0. The van der Waals surface area contributed by atoms with Crippen LogP contribution in [0.25, 0.3) is 0 Å². The molecule has 2 aromatic carbocycles. The van der Waals surface area contributed by atoms with E-state index in [1.807, 2.05) is 19.1 Å². The number of para-hydroxylation sites is 2. The van der Waals surface area contributed by atoms with Crippen molar-refractivity contribution in [2.75, 3.05) is 17.2 Å². The van der Waals surface area contributed by atoms with E-state index in [4.69, 9.17) is 4.74 Å². The summed E-state index contributed by atoms with van der Waals surface area (Å²) >= 11 is 3.10. The lowest BCUT2D eigenvalue weighted by atomic mass is 10.3. The highest BCUT2D eigenvalue weighted by Crippen LogP contribution is 2.32. The van der Waals surface area contributed by atoms with Crippen molar-refractivity contribution >= 4 is 57.3 Å². The molecule has 0 radical (unpaired) electrons. The first kappa shape index (κ1) is 23.3. The van der Waals surface area contributed by atoms with E-state index in [1.165, 1.54) is 23.1 Å². The lowest BCUT2D eigenvalue weighted by molar-refractivity contribution is -0.115. The van der Waals surface area contributed by atoms with Crippen LogP contribution in [0.3, 0.4) is 0 Å². The van der Waals surface area contributed by atoms with Gasteiger partial charge in [-0.25, -0.2) is 0 Å². The van der Waals surface area contributed by atoms with E-state index >= 15 is 0 Å². The highest BCUT2D eigenvalue weighted by atomic mass is 32.2. The van der Waals surface area contributed by atoms with Crippen molar-refractivity contribution in [2.45, 2.75) is 34.1 Å². The number of nitrogens with zero attached hydrogens (tertiary/aromatic N) is 2. The van der Waals surface area contributed by atoms with E-state index in [0.717, 1.165) is 0 Å². The first-order valence-corrected chi connectivity index (χ1v) is 11.9. The largest absolute Gasteiger partial charge is 0.492 e. The lowest BCUT2D eigenvalue weighted by Gasteiger charge is -2.13. The van der Waals surface area contributed by atoms with Gasteiger partial charge in [-0.15, -0.1) is 10.2 Å². The van der Waals surface area contributed by atoms with Crippen LogP contribution in [-0.2, 0) is 4.79 Å². The van der Waals surface area contributed by atoms with Gasteiger partial charge in [-0.1, -0.05) is 47.0 Å². The number of benzene rings is 2. The molecule has 0 saturated carbocycles. The number of nitrogens with one attached hydrogen (secondary N) is 2. The molecule has 0 aliphatic heterocycles. The highest BCUT2D eigenvalue weighted by Gasteiger charge is 2.19. The zero-order valence-corrected chi connectivity index (χ0v) is 19.1. The van der Waals surface area contributed by atoms with Crippen LogP contribution in [0.4, 0.5) is 25.3 Å². The highest BCUT2D eigenvalue weighted by molar-refractivity contribution is 8.02. The Hall–Kier alpha value is -2.37. The van der Waals surface area contributed by atoms with Crippen LogP contribution in [0.2, 0.25) is 0 Å². The number of anilines is 3.